The molecule has 46 heavy (non-hydrogen) atoms. The van der Waals surface area contributed by atoms with E-state index in [0.29, 0.717) is 17.5 Å². The molecule has 0 amide bonds. The second kappa shape index (κ2) is 10.7. The summed E-state index contributed by atoms with van der Waals surface area (Å²) in [6.07, 6.45) is 1.85. The third-order valence-electron chi connectivity index (χ3n) is 8.53. The quantitative estimate of drug-likeness (QED) is 0.192. The number of benzene rings is 6. The Morgan fingerprint density at radius 1 is 0.348 bits per heavy atom. The van der Waals surface area contributed by atoms with Crippen LogP contribution in [0.3, 0.4) is 0 Å². The molecule has 0 fully saturated rings. The van der Waals surface area contributed by atoms with E-state index in [1.165, 1.54) is 10.8 Å². The molecule has 0 aliphatic rings. The summed E-state index contributed by atoms with van der Waals surface area (Å²) >= 11 is 0. The summed E-state index contributed by atoms with van der Waals surface area (Å²) in [5, 5.41) is 6.81. The van der Waals surface area contributed by atoms with Crippen molar-refractivity contribution < 1.29 is 0 Å². The summed E-state index contributed by atoms with van der Waals surface area (Å²) in [7, 11) is 0. The van der Waals surface area contributed by atoms with Crippen molar-refractivity contribution >= 4 is 43.4 Å². The van der Waals surface area contributed by atoms with Gasteiger partial charge in [-0.1, -0.05) is 127 Å². The van der Waals surface area contributed by atoms with Crippen LogP contribution in [0.25, 0.3) is 88.8 Å². The number of aromatic nitrogens is 5. The van der Waals surface area contributed by atoms with Crippen LogP contribution < -0.4 is 0 Å². The van der Waals surface area contributed by atoms with Gasteiger partial charge in [-0.05, 0) is 29.0 Å². The molecule has 3 aromatic heterocycles. The predicted octanol–water partition coefficient (Wildman–Crippen LogP) is 9.94. The molecule has 214 valence electrons. The number of hydrogen-bond acceptors (Lipinski definition) is 5. The molecular formula is C41H25N5. The zero-order valence-corrected chi connectivity index (χ0v) is 24.7. The number of nitrogens with zero attached hydrogens (tertiary/aromatic N) is 5. The molecule has 0 saturated heterocycles. The standard InChI is InChI=1S/C41H25N5/c1-4-11-27(12-5-1)38-33-22-18-26-20-23-34-31(17-10-24-42-34)36(26)37(33)32-21-19-30(25-35(32)43-38)41-45-39(28-13-6-2-7-14-28)44-40(46-41)29-15-8-3-9-16-29/h1-25H. The molecule has 0 aliphatic carbocycles. The lowest BCUT2D eigenvalue weighted by molar-refractivity contribution is 1.07. The first kappa shape index (κ1) is 26.1. The topological polar surface area (TPSA) is 64.5 Å². The van der Waals surface area contributed by atoms with Gasteiger partial charge < -0.3 is 0 Å². The highest BCUT2D eigenvalue weighted by Crippen LogP contribution is 2.40. The average molecular weight is 588 g/mol. The maximum absolute atomic E-state index is 5.32. The van der Waals surface area contributed by atoms with Crippen LogP contribution in [0.5, 0.6) is 0 Å². The number of fused-ring (bicyclic) bond motifs is 7. The van der Waals surface area contributed by atoms with E-state index in [1.807, 2.05) is 79.0 Å². The van der Waals surface area contributed by atoms with Crippen LogP contribution in [0.4, 0.5) is 0 Å². The van der Waals surface area contributed by atoms with Gasteiger partial charge in [-0.2, -0.15) is 0 Å². The molecule has 0 saturated carbocycles. The van der Waals surface area contributed by atoms with Gasteiger partial charge in [-0.25, -0.2) is 19.9 Å². The highest BCUT2D eigenvalue weighted by molar-refractivity contribution is 6.28. The summed E-state index contributed by atoms with van der Waals surface area (Å²) in [5.74, 6) is 1.86. The molecule has 0 spiro atoms. The van der Waals surface area contributed by atoms with Crippen LogP contribution >= 0.6 is 0 Å². The van der Waals surface area contributed by atoms with Gasteiger partial charge in [0.15, 0.2) is 17.5 Å². The highest BCUT2D eigenvalue weighted by Gasteiger charge is 2.17. The van der Waals surface area contributed by atoms with Crippen molar-refractivity contribution in [3.05, 3.63) is 152 Å². The van der Waals surface area contributed by atoms with Crippen LogP contribution in [0.1, 0.15) is 0 Å². The minimum absolute atomic E-state index is 0.602. The van der Waals surface area contributed by atoms with Gasteiger partial charge in [0.1, 0.15) is 0 Å². The first-order chi connectivity index (χ1) is 22.8. The van der Waals surface area contributed by atoms with E-state index in [4.69, 9.17) is 19.9 Å². The van der Waals surface area contributed by atoms with Gasteiger partial charge in [0.05, 0.1) is 16.7 Å². The Balaban J connectivity index is 1.35. The number of hydrogen-bond donors (Lipinski definition) is 0. The molecule has 3 heterocycles. The SMILES string of the molecule is c1ccc(-c2nc(-c3ccccc3)nc(-c3ccc4c(c3)nc(-c3ccccc3)c3ccc5ccc6ncccc6c5c34)n2)cc1. The monoisotopic (exact) mass is 587 g/mol. The third kappa shape index (κ3) is 4.37. The Bertz CT molecular complexity index is 2510. The summed E-state index contributed by atoms with van der Waals surface area (Å²) in [6, 6.07) is 49.7. The molecule has 0 unspecified atom stereocenters. The normalized spacial score (nSPS) is 11.5. The Morgan fingerprint density at radius 2 is 0.913 bits per heavy atom. The highest BCUT2D eigenvalue weighted by atomic mass is 15.0. The van der Waals surface area contributed by atoms with Crippen LogP contribution in [0.2, 0.25) is 0 Å². The molecule has 5 nitrogen and oxygen atoms in total. The first-order valence-electron chi connectivity index (χ1n) is 15.3. The fourth-order valence-corrected chi connectivity index (χ4v) is 6.36. The Labute approximate surface area is 264 Å². The van der Waals surface area contributed by atoms with Crippen molar-refractivity contribution in [3.8, 4) is 45.4 Å². The maximum Gasteiger partial charge on any atom is 0.164 e. The van der Waals surface area contributed by atoms with Crippen LogP contribution in [0, 0.1) is 0 Å². The van der Waals surface area contributed by atoms with Gasteiger partial charge >= 0.3 is 0 Å². The molecule has 0 atom stereocenters. The second-order valence-corrected chi connectivity index (χ2v) is 11.3. The largest absolute Gasteiger partial charge is 0.256 e. The first-order valence-corrected chi connectivity index (χ1v) is 15.3. The van der Waals surface area contributed by atoms with E-state index in [9.17, 15) is 0 Å². The Kier molecular flexibility index (Phi) is 6.06. The average Bonchev–Trinajstić information content (AvgIpc) is 3.14. The van der Waals surface area contributed by atoms with Gasteiger partial charge in [-0.3, -0.25) is 4.98 Å². The second-order valence-electron chi connectivity index (χ2n) is 11.3. The van der Waals surface area contributed by atoms with Gasteiger partial charge in [0.2, 0.25) is 0 Å². The molecule has 0 radical (unpaired) electrons. The van der Waals surface area contributed by atoms with Gasteiger partial charge in [0.25, 0.3) is 0 Å². The summed E-state index contributed by atoms with van der Waals surface area (Å²) in [5.41, 5.74) is 6.60. The fraction of sp³-hybridized carbons (Fsp3) is 0. The summed E-state index contributed by atoms with van der Waals surface area (Å²) in [4.78, 5) is 24.8. The lowest BCUT2D eigenvalue weighted by atomic mass is 9.92. The lowest BCUT2D eigenvalue weighted by Crippen LogP contribution is -2.00. The van der Waals surface area contributed by atoms with E-state index in [0.717, 1.165) is 60.5 Å². The lowest BCUT2D eigenvalue weighted by Gasteiger charge is -2.15. The summed E-state index contributed by atoms with van der Waals surface area (Å²) in [6.45, 7) is 0. The van der Waals surface area contributed by atoms with E-state index in [1.54, 1.807) is 0 Å². The van der Waals surface area contributed by atoms with Crippen LogP contribution in [0.15, 0.2) is 152 Å². The molecule has 9 rings (SSSR count). The van der Waals surface area contributed by atoms with Gasteiger partial charge in [-0.15, -0.1) is 0 Å². The summed E-state index contributed by atoms with van der Waals surface area (Å²) < 4.78 is 0. The van der Waals surface area contributed by atoms with E-state index >= 15 is 0 Å². The molecule has 5 heteroatoms. The van der Waals surface area contributed by atoms with Crippen molar-refractivity contribution in [3.63, 3.8) is 0 Å². The van der Waals surface area contributed by atoms with Crippen molar-refractivity contribution in [1.29, 1.82) is 0 Å². The minimum atomic E-state index is 0.602. The Hall–Kier alpha value is -6.33. The molecular weight excluding hydrogens is 562 g/mol. The molecule has 0 aliphatic heterocycles. The van der Waals surface area contributed by atoms with Crippen molar-refractivity contribution in [2.24, 2.45) is 0 Å². The van der Waals surface area contributed by atoms with Crippen molar-refractivity contribution in [2.45, 2.75) is 0 Å². The zero-order valence-electron chi connectivity index (χ0n) is 24.7. The molecule has 6 aromatic carbocycles. The van der Waals surface area contributed by atoms with Crippen LogP contribution in [-0.2, 0) is 0 Å². The van der Waals surface area contributed by atoms with Crippen molar-refractivity contribution in [2.75, 3.05) is 0 Å². The smallest absolute Gasteiger partial charge is 0.164 e. The molecule has 0 bridgehead atoms. The number of pyridine rings is 2. The minimum Gasteiger partial charge on any atom is -0.256 e. The Morgan fingerprint density at radius 3 is 1.59 bits per heavy atom. The zero-order chi connectivity index (χ0) is 30.5. The molecule has 9 aromatic rings. The van der Waals surface area contributed by atoms with Crippen LogP contribution in [-0.4, -0.2) is 24.9 Å². The van der Waals surface area contributed by atoms with E-state index in [-0.39, 0.29) is 0 Å². The number of rotatable bonds is 4. The fourth-order valence-electron chi connectivity index (χ4n) is 6.36. The van der Waals surface area contributed by atoms with E-state index < -0.39 is 0 Å². The third-order valence-corrected chi connectivity index (χ3v) is 8.53. The van der Waals surface area contributed by atoms with E-state index in [2.05, 4.69) is 77.8 Å². The maximum atomic E-state index is 5.32. The predicted molar refractivity (Wildman–Crippen MR) is 187 cm³/mol. The molecule has 0 N–H and O–H groups in total. The van der Waals surface area contributed by atoms with Crippen molar-refractivity contribution in [1.82, 2.24) is 24.9 Å². The van der Waals surface area contributed by atoms with Gasteiger partial charge in [0, 0.05) is 50.0 Å².